The van der Waals surface area contributed by atoms with E-state index in [1.54, 1.807) is 17.4 Å². The van der Waals surface area contributed by atoms with Crippen LogP contribution in [-0.4, -0.2) is 11.5 Å². The van der Waals surface area contributed by atoms with E-state index >= 15 is 0 Å². The van der Waals surface area contributed by atoms with Gasteiger partial charge in [0.1, 0.15) is 0 Å². The van der Waals surface area contributed by atoms with Crippen molar-refractivity contribution < 1.29 is 0 Å². The Morgan fingerprint density at radius 2 is 2.05 bits per heavy atom. The Morgan fingerprint density at radius 3 is 2.60 bits per heavy atom. The number of halogens is 2. The van der Waals surface area contributed by atoms with Crippen molar-refractivity contribution in [2.45, 2.75) is 33.2 Å². The molecular weight excluding hydrogens is 311 g/mol. The number of rotatable bonds is 5. The molecule has 1 N–H and O–H groups in total. The predicted molar refractivity (Wildman–Crippen MR) is 88.2 cm³/mol. The Balaban J connectivity index is 2.27. The number of nitrogens with one attached hydrogen (secondary N) is 1. The summed E-state index contributed by atoms with van der Waals surface area (Å²) in [5.74, 6) is 0. The van der Waals surface area contributed by atoms with Gasteiger partial charge in [0.05, 0.1) is 10.7 Å². The van der Waals surface area contributed by atoms with E-state index in [1.807, 2.05) is 19.1 Å². The third kappa shape index (κ3) is 3.73. The van der Waals surface area contributed by atoms with Gasteiger partial charge in [-0.05, 0) is 44.5 Å². The summed E-state index contributed by atoms with van der Waals surface area (Å²) in [5.41, 5.74) is 2.20. The standard InChI is InChI=1S/C15H18Cl2N2S/c1-4-18-14(15-9(2)19-10(3)20-15)7-11-5-6-12(16)8-13(11)17/h5-6,8,14,18H,4,7H2,1-3H3. The Morgan fingerprint density at radius 1 is 1.30 bits per heavy atom. The summed E-state index contributed by atoms with van der Waals surface area (Å²) < 4.78 is 0. The fourth-order valence-corrected chi connectivity index (χ4v) is 3.77. The molecule has 2 rings (SSSR count). The zero-order valence-electron chi connectivity index (χ0n) is 11.8. The number of nitrogens with zero attached hydrogens (tertiary/aromatic N) is 1. The van der Waals surface area contributed by atoms with E-state index in [9.17, 15) is 0 Å². The first-order valence-electron chi connectivity index (χ1n) is 6.62. The molecule has 2 nitrogen and oxygen atoms in total. The van der Waals surface area contributed by atoms with Crippen LogP contribution in [0, 0.1) is 13.8 Å². The molecule has 0 amide bonds. The minimum atomic E-state index is 0.241. The fraction of sp³-hybridized carbons (Fsp3) is 0.400. The molecule has 1 aromatic carbocycles. The van der Waals surface area contributed by atoms with Crippen LogP contribution in [0.4, 0.5) is 0 Å². The van der Waals surface area contributed by atoms with Gasteiger partial charge in [0.15, 0.2) is 0 Å². The highest BCUT2D eigenvalue weighted by Gasteiger charge is 2.18. The minimum Gasteiger partial charge on any atom is -0.309 e. The lowest BCUT2D eigenvalue weighted by atomic mass is 10.0. The molecule has 0 radical (unpaired) electrons. The molecule has 1 unspecified atom stereocenters. The largest absolute Gasteiger partial charge is 0.309 e. The highest BCUT2D eigenvalue weighted by atomic mass is 35.5. The Bertz CT molecular complexity index is 596. The quantitative estimate of drug-likeness (QED) is 0.838. The Hall–Kier alpha value is -0.610. The second-order valence-corrected chi connectivity index (χ2v) is 6.81. The predicted octanol–water partition coefficient (Wildman–Crippen LogP) is 4.96. The third-order valence-corrected chi connectivity index (χ3v) is 4.92. The van der Waals surface area contributed by atoms with Crippen molar-refractivity contribution in [1.29, 1.82) is 0 Å². The highest BCUT2D eigenvalue weighted by Crippen LogP contribution is 2.30. The topological polar surface area (TPSA) is 24.9 Å². The van der Waals surface area contributed by atoms with Crippen molar-refractivity contribution in [3.8, 4) is 0 Å². The number of thiazole rings is 1. The number of hydrogen-bond donors (Lipinski definition) is 1. The van der Waals surface area contributed by atoms with Gasteiger partial charge in [0.2, 0.25) is 0 Å². The van der Waals surface area contributed by atoms with Gasteiger partial charge in [-0.2, -0.15) is 0 Å². The summed E-state index contributed by atoms with van der Waals surface area (Å²) in [6.45, 7) is 7.12. The summed E-state index contributed by atoms with van der Waals surface area (Å²) in [4.78, 5) is 5.80. The lowest BCUT2D eigenvalue weighted by Gasteiger charge is -2.18. The van der Waals surface area contributed by atoms with Crippen molar-refractivity contribution in [3.05, 3.63) is 49.4 Å². The molecule has 1 heterocycles. The van der Waals surface area contributed by atoms with Crippen LogP contribution in [-0.2, 0) is 6.42 Å². The lowest BCUT2D eigenvalue weighted by Crippen LogP contribution is -2.23. The smallest absolute Gasteiger partial charge is 0.0900 e. The zero-order chi connectivity index (χ0) is 14.7. The van der Waals surface area contributed by atoms with Crippen LogP contribution >= 0.6 is 34.5 Å². The molecule has 1 atom stereocenters. The van der Waals surface area contributed by atoms with Crippen molar-refractivity contribution >= 4 is 34.5 Å². The third-order valence-electron chi connectivity index (χ3n) is 3.15. The van der Waals surface area contributed by atoms with Crippen LogP contribution in [0.5, 0.6) is 0 Å². The number of likely N-dealkylation sites (N-methyl/N-ethyl adjacent to an activating group) is 1. The molecule has 1 aromatic heterocycles. The normalized spacial score (nSPS) is 12.7. The molecule has 0 saturated carbocycles. The molecular formula is C15H18Cl2N2S. The summed E-state index contributed by atoms with van der Waals surface area (Å²) in [6, 6.07) is 5.92. The number of benzene rings is 1. The number of aryl methyl sites for hydroxylation is 2. The van der Waals surface area contributed by atoms with Crippen LogP contribution in [0.1, 0.15) is 34.1 Å². The molecule has 0 aliphatic carbocycles. The van der Waals surface area contributed by atoms with Gasteiger partial charge in [-0.3, -0.25) is 0 Å². The van der Waals surface area contributed by atoms with Gasteiger partial charge in [-0.15, -0.1) is 11.3 Å². The van der Waals surface area contributed by atoms with Gasteiger partial charge in [0.25, 0.3) is 0 Å². The molecule has 0 fully saturated rings. The molecule has 0 saturated heterocycles. The van der Waals surface area contributed by atoms with Gasteiger partial charge >= 0.3 is 0 Å². The van der Waals surface area contributed by atoms with Gasteiger partial charge < -0.3 is 5.32 Å². The maximum absolute atomic E-state index is 6.28. The van der Waals surface area contributed by atoms with Crippen LogP contribution in [0.2, 0.25) is 10.0 Å². The maximum atomic E-state index is 6.28. The van der Waals surface area contributed by atoms with Crippen LogP contribution in [0.25, 0.3) is 0 Å². The molecule has 20 heavy (non-hydrogen) atoms. The summed E-state index contributed by atoms with van der Waals surface area (Å²) in [7, 11) is 0. The monoisotopic (exact) mass is 328 g/mol. The molecule has 108 valence electrons. The SMILES string of the molecule is CCNC(Cc1ccc(Cl)cc1Cl)c1sc(C)nc1C. The fourth-order valence-electron chi connectivity index (χ4n) is 2.28. The zero-order valence-corrected chi connectivity index (χ0v) is 14.2. The Kier molecular flexibility index (Phi) is 5.44. The molecule has 0 aliphatic rings. The van der Waals surface area contributed by atoms with Crippen molar-refractivity contribution in [2.75, 3.05) is 6.54 Å². The van der Waals surface area contributed by atoms with Gasteiger partial charge in [0, 0.05) is 21.0 Å². The average molecular weight is 329 g/mol. The molecule has 0 spiro atoms. The first kappa shape index (κ1) is 15.8. The number of aromatic nitrogens is 1. The van der Waals surface area contributed by atoms with E-state index in [0.29, 0.717) is 5.02 Å². The van der Waals surface area contributed by atoms with Crippen LogP contribution < -0.4 is 5.32 Å². The molecule has 0 bridgehead atoms. The van der Waals surface area contributed by atoms with E-state index in [-0.39, 0.29) is 6.04 Å². The van der Waals surface area contributed by atoms with Crippen molar-refractivity contribution in [2.24, 2.45) is 0 Å². The highest BCUT2D eigenvalue weighted by molar-refractivity contribution is 7.11. The van der Waals surface area contributed by atoms with Gasteiger partial charge in [-0.1, -0.05) is 36.2 Å². The van der Waals surface area contributed by atoms with E-state index in [4.69, 9.17) is 23.2 Å². The molecule has 2 aromatic rings. The first-order chi connectivity index (χ1) is 9.51. The first-order valence-corrected chi connectivity index (χ1v) is 8.19. The van der Waals surface area contributed by atoms with Crippen LogP contribution in [0.15, 0.2) is 18.2 Å². The van der Waals surface area contributed by atoms with Gasteiger partial charge in [-0.25, -0.2) is 4.98 Å². The molecule has 0 aliphatic heterocycles. The maximum Gasteiger partial charge on any atom is 0.0900 e. The second-order valence-electron chi connectivity index (χ2n) is 4.73. The van der Waals surface area contributed by atoms with Crippen molar-refractivity contribution in [1.82, 2.24) is 10.3 Å². The number of hydrogen-bond acceptors (Lipinski definition) is 3. The lowest BCUT2D eigenvalue weighted by molar-refractivity contribution is 0.555. The summed E-state index contributed by atoms with van der Waals surface area (Å²) in [5, 5.41) is 6.01. The molecule has 5 heteroatoms. The van der Waals surface area contributed by atoms with E-state index in [0.717, 1.165) is 34.3 Å². The minimum absolute atomic E-state index is 0.241. The van der Waals surface area contributed by atoms with Crippen LogP contribution in [0.3, 0.4) is 0 Å². The van der Waals surface area contributed by atoms with Crippen molar-refractivity contribution in [3.63, 3.8) is 0 Å². The summed E-state index contributed by atoms with van der Waals surface area (Å²) >= 11 is 14.0. The second kappa shape index (κ2) is 6.90. The van der Waals surface area contributed by atoms with E-state index < -0.39 is 0 Å². The van der Waals surface area contributed by atoms with E-state index in [1.165, 1.54) is 4.88 Å². The average Bonchev–Trinajstić information content (AvgIpc) is 2.71. The van der Waals surface area contributed by atoms with E-state index in [2.05, 4.69) is 24.1 Å². The Labute approximate surface area is 134 Å². The summed E-state index contributed by atoms with van der Waals surface area (Å²) in [6.07, 6.45) is 0.840.